The second kappa shape index (κ2) is 9.88. The van der Waals surface area contributed by atoms with E-state index in [9.17, 15) is 9.59 Å². The van der Waals surface area contributed by atoms with E-state index in [0.29, 0.717) is 19.0 Å². The molecule has 0 bridgehead atoms. The summed E-state index contributed by atoms with van der Waals surface area (Å²) in [6, 6.07) is 10.5. The average Bonchev–Trinajstić information content (AvgIpc) is 2.64. The molecule has 0 aromatic heterocycles. The Balaban J connectivity index is 1.61. The van der Waals surface area contributed by atoms with Gasteiger partial charge in [0.15, 0.2) is 0 Å². The summed E-state index contributed by atoms with van der Waals surface area (Å²) in [5.74, 6) is -0.687. The van der Waals surface area contributed by atoms with E-state index in [4.69, 9.17) is 0 Å². The molecule has 2 amide bonds. The first-order valence-electron chi connectivity index (χ1n) is 8.62. The fourth-order valence-corrected chi connectivity index (χ4v) is 2.91. The standard InChI is InChI=1S/C19H27N3O2/c1-2-11-20-18(23)19(24)21-15-17-9-13-22(14-10-17)12-8-16-6-4-3-5-7-16/h2-7,17H,1,8-15H2,(H,20,23)(H,21,24). The van der Waals surface area contributed by atoms with Gasteiger partial charge in [0.1, 0.15) is 0 Å². The number of hydrogen-bond donors (Lipinski definition) is 2. The maximum absolute atomic E-state index is 11.6. The zero-order valence-electron chi connectivity index (χ0n) is 14.2. The Bertz CT molecular complexity index is 537. The Morgan fingerprint density at radius 2 is 1.79 bits per heavy atom. The van der Waals surface area contributed by atoms with Crippen molar-refractivity contribution in [3.05, 3.63) is 48.6 Å². The minimum Gasteiger partial charge on any atom is -0.348 e. The lowest BCUT2D eigenvalue weighted by Crippen LogP contribution is -2.44. The third-order valence-corrected chi connectivity index (χ3v) is 4.43. The van der Waals surface area contributed by atoms with Gasteiger partial charge >= 0.3 is 11.8 Å². The summed E-state index contributed by atoms with van der Waals surface area (Å²) in [7, 11) is 0. The Morgan fingerprint density at radius 1 is 1.12 bits per heavy atom. The molecule has 1 fully saturated rings. The zero-order valence-corrected chi connectivity index (χ0v) is 14.2. The fourth-order valence-electron chi connectivity index (χ4n) is 2.91. The zero-order chi connectivity index (χ0) is 17.2. The van der Waals surface area contributed by atoms with Crippen molar-refractivity contribution in [3.8, 4) is 0 Å². The minimum atomic E-state index is -0.588. The largest absolute Gasteiger partial charge is 0.348 e. The summed E-state index contributed by atoms with van der Waals surface area (Å²) in [6.07, 6.45) is 4.74. The van der Waals surface area contributed by atoms with Crippen molar-refractivity contribution < 1.29 is 9.59 Å². The third-order valence-electron chi connectivity index (χ3n) is 4.43. The number of nitrogens with one attached hydrogen (secondary N) is 2. The first-order valence-corrected chi connectivity index (χ1v) is 8.62. The number of likely N-dealkylation sites (tertiary alicyclic amines) is 1. The highest BCUT2D eigenvalue weighted by Crippen LogP contribution is 2.16. The summed E-state index contributed by atoms with van der Waals surface area (Å²) >= 11 is 0. The van der Waals surface area contributed by atoms with Crippen molar-refractivity contribution in [2.45, 2.75) is 19.3 Å². The van der Waals surface area contributed by atoms with E-state index in [0.717, 1.165) is 38.9 Å². The minimum absolute atomic E-state index is 0.312. The molecule has 2 N–H and O–H groups in total. The summed E-state index contributed by atoms with van der Waals surface area (Å²) < 4.78 is 0. The van der Waals surface area contributed by atoms with E-state index in [1.54, 1.807) is 6.08 Å². The first kappa shape index (κ1) is 18.2. The second-order valence-corrected chi connectivity index (χ2v) is 6.23. The Morgan fingerprint density at radius 3 is 2.46 bits per heavy atom. The smallest absolute Gasteiger partial charge is 0.309 e. The van der Waals surface area contributed by atoms with E-state index >= 15 is 0 Å². The molecule has 1 aromatic rings. The SMILES string of the molecule is C=CCNC(=O)C(=O)NCC1CCN(CCc2ccccc2)CC1. The maximum Gasteiger partial charge on any atom is 0.309 e. The topological polar surface area (TPSA) is 61.4 Å². The van der Waals surface area contributed by atoms with Crippen LogP contribution in [0.5, 0.6) is 0 Å². The van der Waals surface area contributed by atoms with Crippen LogP contribution in [0.3, 0.4) is 0 Å². The summed E-state index contributed by atoms with van der Waals surface area (Å²) in [6.45, 7) is 7.57. The third kappa shape index (κ3) is 6.16. The van der Waals surface area contributed by atoms with Crippen LogP contribution in [0.25, 0.3) is 0 Å². The van der Waals surface area contributed by atoms with Crippen molar-refractivity contribution in [1.82, 2.24) is 15.5 Å². The molecule has 0 saturated carbocycles. The molecule has 0 unspecified atom stereocenters. The van der Waals surface area contributed by atoms with Gasteiger partial charge in [0.25, 0.3) is 0 Å². The lowest BCUT2D eigenvalue weighted by Gasteiger charge is -2.32. The van der Waals surface area contributed by atoms with Crippen LogP contribution < -0.4 is 10.6 Å². The molecule has 1 saturated heterocycles. The highest BCUT2D eigenvalue weighted by atomic mass is 16.2. The van der Waals surface area contributed by atoms with Gasteiger partial charge in [0, 0.05) is 19.6 Å². The fraction of sp³-hybridized carbons (Fsp3) is 0.474. The van der Waals surface area contributed by atoms with Crippen molar-refractivity contribution in [2.24, 2.45) is 5.92 Å². The van der Waals surface area contributed by atoms with E-state index in [1.165, 1.54) is 5.56 Å². The molecular weight excluding hydrogens is 302 g/mol. The molecule has 5 heteroatoms. The van der Waals surface area contributed by atoms with Crippen LogP contribution in [0.4, 0.5) is 0 Å². The van der Waals surface area contributed by atoms with Crippen LogP contribution in [0.15, 0.2) is 43.0 Å². The molecule has 1 aliphatic heterocycles. The molecule has 5 nitrogen and oxygen atoms in total. The van der Waals surface area contributed by atoms with Crippen molar-refractivity contribution in [2.75, 3.05) is 32.7 Å². The van der Waals surface area contributed by atoms with Crippen LogP contribution >= 0.6 is 0 Å². The quantitative estimate of drug-likeness (QED) is 0.586. The van der Waals surface area contributed by atoms with Gasteiger partial charge in [-0.15, -0.1) is 6.58 Å². The van der Waals surface area contributed by atoms with Crippen LogP contribution in [0.1, 0.15) is 18.4 Å². The van der Waals surface area contributed by atoms with Crippen LogP contribution in [-0.4, -0.2) is 49.4 Å². The normalized spacial score (nSPS) is 15.7. The van der Waals surface area contributed by atoms with Crippen molar-refractivity contribution in [1.29, 1.82) is 0 Å². The number of nitrogens with zero attached hydrogens (tertiary/aromatic N) is 1. The molecule has 1 heterocycles. The van der Waals surface area contributed by atoms with Gasteiger partial charge in [-0.1, -0.05) is 36.4 Å². The molecular formula is C19H27N3O2. The van der Waals surface area contributed by atoms with E-state index in [1.807, 2.05) is 6.07 Å². The van der Waals surface area contributed by atoms with Crippen LogP contribution in [-0.2, 0) is 16.0 Å². The molecule has 130 valence electrons. The maximum atomic E-state index is 11.6. The molecule has 0 atom stereocenters. The summed E-state index contributed by atoms with van der Waals surface area (Å²) in [5, 5.41) is 5.21. The number of carbonyl (C=O) groups is 2. The highest BCUT2D eigenvalue weighted by molar-refractivity contribution is 6.35. The Kier molecular flexibility index (Phi) is 7.49. The number of hydrogen-bond acceptors (Lipinski definition) is 3. The highest BCUT2D eigenvalue weighted by Gasteiger charge is 2.20. The molecule has 0 spiro atoms. The number of rotatable bonds is 7. The van der Waals surface area contributed by atoms with Gasteiger partial charge in [-0.25, -0.2) is 0 Å². The van der Waals surface area contributed by atoms with Crippen LogP contribution in [0.2, 0.25) is 0 Å². The van der Waals surface area contributed by atoms with E-state index in [-0.39, 0.29) is 0 Å². The summed E-state index contributed by atoms with van der Waals surface area (Å²) in [4.78, 5) is 25.6. The molecule has 0 radical (unpaired) electrons. The molecule has 24 heavy (non-hydrogen) atoms. The average molecular weight is 329 g/mol. The number of benzene rings is 1. The lowest BCUT2D eigenvalue weighted by molar-refractivity contribution is -0.139. The van der Waals surface area contributed by atoms with E-state index < -0.39 is 11.8 Å². The van der Waals surface area contributed by atoms with Crippen molar-refractivity contribution >= 4 is 11.8 Å². The molecule has 2 rings (SSSR count). The predicted molar refractivity (Wildman–Crippen MR) is 95.5 cm³/mol. The number of piperidine rings is 1. The molecule has 0 aliphatic carbocycles. The van der Waals surface area contributed by atoms with Gasteiger partial charge in [-0.05, 0) is 43.8 Å². The van der Waals surface area contributed by atoms with Gasteiger partial charge in [-0.3, -0.25) is 9.59 Å². The molecule has 1 aromatic carbocycles. The van der Waals surface area contributed by atoms with Gasteiger partial charge in [0.05, 0.1) is 0 Å². The second-order valence-electron chi connectivity index (χ2n) is 6.23. The number of carbonyl (C=O) groups excluding carboxylic acids is 2. The Hall–Kier alpha value is -2.14. The monoisotopic (exact) mass is 329 g/mol. The lowest BCUT2D eigenvalue weighted by atomic mass is 9.96. The Labute approximate surface area is 144 Å². The van der Waals surface area contributed by atoms with Crippen molar-refractivity contribution in [3.63, 3.8) is 0 Å². The van der Waals surface area contributed by atoms with Gasteiger partial charge in [-0.2, -0.15) is 0 Å². The van der Waals surface area contributed by atoms with E-state index in [2.05, 4.69) is 46.4 Å². The van der Waals surface area contributed by atoms with Gasteiger partial charge < -0.3 is 15.5 Å². The van der Waals surface area contributed by atoms with Crippen LogP contribution in [0, 0.1) is 5.92 Å². The number of amides is 2. The summed E-state index contributed by atoms with van der Waals surface area (Å²) in [5.41, 5.74) is 1.37. The predicted octanol–water partition coefficient (Wildman–Crippen LogP) is 1.36. The molecule has 1 aliphatic rings. The van der Waals surface area contributed by atoms with Gasteiger partial charge in [0.2, 0.25) is 0 Å². The first-order chi connectivity index (χ1) is 11.7.